The third kappa shape index (κ3) is 6.49. The second-order valence-electron chi connectivity index (χ2n) is 10.6. The lowest BCUT2D eigenvalue weighted by atomic mass is 9.83. The standard InChI is InChI=1S/C33H34ClN3O2/c1-37(2)21-26-7-3-4-8-29(26)22-14-17-28(18-15-22)35-33(39)30-9-5-6-10-31(30)36-32(38)25-12-11-24-20-27(34)16-13-23(24)19-25/h3-4,7-8,11-20,30-31H,5-6,9-10,21H2,1-2H3,(H,35,39)(H,36,38)/t30-,31+/m0/s1. The largest absolute Gasteiger partial charge is 0.349 e. The minimum Gasteiger partial charge on any atom is -0.349 e. The van der Waals surface area contributed by atoms with Crippen molar-refractivity contribution in [3.05, 3.63) is 101 Å². The van der Waals surface area contributed by atoms with Crippen LogP contribution in [-0.2, 0) is 11.3 Å². The first kappa shape index (κ1) is 26.9. The highest BCUT2D eigenvalue weighted by Gasteiger charge is 2.32. The quantitative estimate of drug-likeness (QED) is 0.262. The molecule has 1 aliphatic carbocycles. The van der Waals surface area contributed by atoms with Gasteiger partial charge in [-0.15, -0.1) is 0 Å². The van der Waals surface area contributed by atoms with Crippen molar-refractivity contribution < 1.29 is 9.59 Å². The van der Waals surface area contributed by atoms with Gasteiger partial charge in [-0.3, -0.25) is 9.59 Å². The SMILES string of the molecule is CN(C)Cc1ccccc1-c1ccc(NC(=O)[C@H]2CCCC[C@H]2NC(=O)c2ccc3cc(Cl)ccc3c2)cc1. The number of carbonyl (C=O) groups excluding carboxylic acids is 2. The van der Waals surface area contributed by atoms with E-state index in [9.17, 15) is 9.59 Å². The number of carbonyl (C=O) groups is 2. The van der Waals surface area contributed by atoms with Crippen LogP contribution in [0.4, 0.5) is 5.69 Å². The van der Waals surface area contributed by atoms with Crippen molar-refractivity contribution in [2.45, 2.75) is 38.3 Å². The van der Waals surface area contributed by atoms with Crippen molar-refractivity contribution in [3.63, 3.8) is 0 Å². The highest BCUT2D eigenvalue weighted by Crippen LogP contribution is 2.29. The van der Waals surface area contributed by atoms with Crippen LogP contribution >= 0.6 is 11.6 Å². The minimum atomic E-state index is -0.276. The number of nitrogens with one attached hydrogen (secondary N) is 2. The zero-order valence-electron chi connectivity index (χ0n) is 22.4. The van der Waals surface area contributed by atoms with Gasteiger partial charge in [0.05, 0.1) is 5.92 Å². The molecule has 0 saturated heterocycles. The molecule has 4 aromatic carbocycles. The summed E-state index contributed by atoms with van der Waals surface area (Å²) in [5.74, 6) is -0.478. The Hall–Kier alpha value is -3.67. The molecule has 4 aromatic rings. The van der Waals surface area contributed by atoms with Gasteiger partial charge in [0.25, 0.3) is 5.91 Å². The van der Waals surface area contributed by atoms with Gasteiger partial charge in [0.2, 0.25) is 5.91 Å². The average molecular weight is 540 g/mol. The summed E-state index contributed by atoms with van der Waals surface area (Å²) in [5, 5.41) is 8.86. The Kier molecular flexibility index (Phi) is 8.30. The Bertz CT molecular complexity index is 1480. The van der Waals surface area contributed by atoms with Crippen LogP contribution in [0.1, 0.15) is 41.6 Å². The van der Waals surface area contributed by atoms with Crippen LogP contribution in [0.25, 0.3) is 21.9 Å². The molecule has 1 aliphatic rings. The van der Waals surface area contributed by atoms with Gasteiger partial charge in [0.1, 0.15) is 0 Å². The van der Waals surface area contributed by atoms with Gasteiger partial charge in [-0.2, -0.15) is 0 Å². The maximum absolute atomic E-state index is 13.4. The van der Waals surface area contributed by atoms with Crippen LogP contribution in [0, 0.1) is 5.92 Å². The summed E-state index contributed by atoms with van der Waals surface area (Å²) < 4.78 is 0. The summed E-state index contributed by atoms with van der Waals surface area (Å²) in [5.41, 5.74) is 4.91. The van der Waals surface area contributed by atoms with E-state index in [4.69, 9.17) is 11.6 Å². The second-order valence-corrected chi connectivity index (χ2v) is 11.1. The Morgan fingerprint density at radius 2 is 1.59 bits per heavy atom. The van der Waals surface area contributed by atoms with Gasteiger partial charge in [-0.1, -0.05) is 73.0 Å². The van der Waals surface area contributed by atoms with Crippen molar-refractivity contribution in [1.82, 2.24) is 10.2 Å². The molecule has 0 bridgehead atoms. The van der Waals surface area contributed by atoms with E-state index in [1.807, 2.05) is 48.5 Å². The molecule has 5 rings (SSSR count). The molecule has 2 N–H and O–H groups in total. The van der Waals surface area contributed by atoms with Crippen molar-refractivity contribution in [2.75, 3.05) is 19.4 Å². The molecule has 0 aliphatic heterocycles. The first-order valence-corrected chi connectivity index (χ1v) is 13.9. The second kappa shape index (κ2) is 12.0. The Morgan fingerprint density at radius 1 is 0.872 bits per heavy atom. The monoisotopic (exact) mass is 539 g/mol. The summed E-state index contributed by atoms with van der Waals surface area (Å²) in [6.45, 7) is 0.858. The van der Waals surface area contributed by atoms with E-state index in [1.54, 1.807) is 0 Å². The first-order valence-electron chi connectivity index (χ1n) is 13.5. The highest BCUT2D eigenvalue weighted by atomic mass is 35.5. The third-order valence-electron chi connectivity index (χ3n) is 7.45. The molecular weight excluding hydrogens is 506 g/mol. The Labute approximate surface area is 235 Å². The van der Waals surface area contributed by atoms with E-state index in [-0.39, 0.29) is 23.8 Å². The number of hydrogen-bond acceptors (Lipinski definition) is 3. The molecule has 0 aromatic heterocycles. The van der Waals surface area contributed by atoms with E-state index < -0.39 is 0 Å². The molecular formula is C33H34ClN3O2. The predicted molar refractivity (Wildman–Crippen MR) is 160 cm³/mol. The van der Waals surface area contributed by atoms with E-state index in [0.29, 0.717) is 10.6 Å². The fourth-order valence-electron chi connectivity index (χ4n) is 5.48. The number of benzene rings is 4. The molecule has 200 valence electrons. The third-order valence-corrected chi connectivity index (χ3v) is 7.69. The molecule has 0 heterocycles. The summed E-state index contributed by atoms with van der Waals surface area (Å²) in [6.07, 6.45) is 3.51. The zero-order chi connectivity index (χ0) is 27.4. The molecule has 6 heteroatoms. The number of nitrogens with zero attached hydrogens (tertiary/aromatic N) is 1. The van der Waals surface area contributed by atoms with Gasteiger partial charge < -0.3 is 15.5 Å². The summed E-state index contributed by atoms with van der Waals surface area (Å²) in [6, 6.07) is 27.4. The molecule has 1 fully saturated rings. The molecule has 2 amide bonds. The van der Waals surface area contributed by atoms with Crippen LogP contribution < -0.4 is 10.6 Å². The lowest BCUT2D eigenvalue weighted by Gasteiger charge is -2.31. The molecule has 2 atom stereocenters. The number of fused-ring (bicyclic) bond motifs is 1. The zero-order valence-corrected chi connectivity index (χ0v) is 23.2. The van der Waals surface area contributed by atoms with Crippen LogP contribution in [-0.4, -0.2) is 36.9 Å². The van der Waals surface area contributed by atoms with Gasteiger partial charge in [-0.25, -0.2) is 0 Å². The first-order chi connectivity index (χ1) is 18.9. The lowest BCUT2D eigenvalue weighted by molar-refractivity contribution is -0.121. The number of amides is 2. The fourth-order valence-corrected chi connectivity index (χ4v) is 5.66. The average Bonchev–Trinajstić information content (AvgIpc) is 2.93. The van der Waals surface area contributed by atoms with Crippen LogP contribution in [0.5, 0.6) is 0 Å². The molecule has 39 heavy (non-hydrogen) atoms. The van der Waals surface area contributed by atoms with Gasteiger partial charge in [0, 0.05) is 28.9 Å². The number of anilines is 1. The molecule has 0 spiro atoms. The normalized spacial score (nSPS) is 17.2. The van der Waals surface area contributed by atoms with E-state index >= 15 is 0 Å². The fraction of sp³-hybridized carbons (Fsp3) is 0.273. The van der Waals surface area contributed by atoms with E-state index in [2.05, 4.69) is 66.0 Å². The summed E-state index contributed by atoms with van der Waals surface area (Å²) in [4.78, 5) is 28.7. The number of halogens is 1. The summed E-state index contributed by atoms with van der Waals surface area (Å²) >= 11 is 6.09. The maximum Gasteiger partial charge on any atom is 0.251 e. The molecule has 5 nitrogen and oxygen atoms in total. The smallest absolute Gasteiger partial charge is 0.251 e. The molecule has 0 unspecified atom stereocenters. The lowest BCUT2D eigenvalue weighted by Crippen LogP contribution is -2.46. The Morgan fingerprint density at radius 3 is 2.38 bits per heavy atom. The minimum absolute atomic E-state index is 0.0473. The highest BCUT2D eigenvalue weighted by molar-refractivity contribution is 6.31. The van der Waals surface area contributed by atoms with Crippen molar-refractivity contribution in [2.24, 2.45) is 5.92 Å². The van der Waals surface area contributed by atoms with E-state index in [0.717, 1.165) is 54.3 Å². The number of hydrogen-bond donors (Lipinski definition) is 2. The number of rotatable bonds is 7. The maximum atomic E-state index is 13.4. The molecule has 0 radical (unpaired) electrons. The van der Waals surface area contributed by atoms with Crippen molar-refractivity contribution >= 4 is 39.9 Å². The Balaban J connectivity index is 1.26. The van der Waals surface area contributed by atoms with Crippen LogP contribution in [0.3, 0.4) is 0 Å². The van der Waals surface area contributed by atoms with Crippen LogP contribution in [0.2, 0.25) is 5.02 Å². The molecule has 1 saturated carbocycles. The van der Waals surface area contributed by atoms with Gasteiger partial charge >= 0.3 is 0 Å². The van der Waals surface area contributed by atoms with E-state index in [1.165, 1.54) is 11.1 Å². The van der Waals surface area contributed by atoms with Crippen LogP contribution in [0.15, 0.2) is 84.9 Å². The topological polar surface area (TPSA) is 61.4 Å². The summed E-state index contributed by atoms with van der Waals surface area (Å²) in [7, 11) is 4.13. The predicted octanol–water partition coefficient (Wildman–Crippen LogP) is 7.15. The van der Waals surface area contributed by atoms with Crippen molar-refractivity contribution in [1.29, 1.82) is 0 Å². The van der Waals surface area contributed by atoms with Crippen molar-refractivity contribution in [3.8, 4) is 11.1 Å². The van der Waals surface area contributed by atoms with Gasteiger partial charge in [-0.05, 0) is 90.8 Å². The van der Waals surface area contributed by atoms with Gasteiger partial charge in [0.15, 0.2) is 0 Å².